The molecule has 194 valence electrons. The number of ether oxygens (including phenoxy) is 2. The number of pyridine rings is 1. The third kappa shape index (κ3) is 4.61. The maximum atomic E-state index is 12.2. The Balaban J connectivity index is 1.43. The van der Waals surface area contributed by atoms with E-state index >= 15 is 0 Å². The highest BCUT2D eigenvalue weighted by Crippen LogP contribution is 2.35. The standard InChI is InChI=1S/C26H30N6O4S/c1-17-13-35-10-9-32(17)23-20-6-7-21(18-4-3-5-19(12-18)24(33)27-2)28-22(20)29-25(30-23)31-8-11-36-26(14-31)15-37(34)16-26/h3-7,12,17H,8-11,13-16H2,1-2H3,(H,27,33)/t17-,26?,37?/m0/s1. The highest BCUT2D eigenvalue weighted by atomic mass is 32.2. The maximum Gasteiger partial charge on any atom is 0.251 e. The molecule has 3 aromatic rings. The third-order valence-electron chi connectivity index (χ3n) is 7.19. The highest BCUT2D eigenvalue weighted by molar-refractivity contribution is 7.93. The van der Waals surface area contributed by atoms with Gasteiger partial charge >= 0.3 is 0 Å². The van der Waals surface area contributed by atoms with Crippen LogP contribution in [0.2, 0.25) is 0 Å². The quantitative estimate of drug-likeness (QED) is 0.510. The van der Waals surface area contributed by atoms with Crippen LogP contribution in [0.15, 0.2) is 36.4 Å². The molecule has 1 amide bonds. The molecule has 3 aliphatic rings. The van der Waals surface area contributed by atoms with Gasteiger partial charge in [0.15, 0.2) is 11.2 Å². The number of anilines is 2. The van der Waals surface area contributed by atoms with Crippen molar-refractivity contribution in [2.45, 2.75) is 18.6 Å². The molecule has 0 aliphatic carbocycles. The SMILES string of the molecule is CNC(=O)c1cccc(-c2ccc3c(N4CCOC[C@@H]4C)nc(N4CCOC5(C4)C[S+]([O-])C5)nc3n2)c1. The molecule has 0 bridgehead atoms. The van der Waals surface area contributed by atoms with Crippen LogP contribution in [-0.4, -0.2) is 95.1 Å². The number of carbonyl (C=O) groups excluding carboxylic acids is 1. The minimum absolute atomic E-state index is 0.144. The normalized spacial score (nSPS) is 25.8. The Kier molecular flexibility index (Phi) is 6.39. The van der Waals surface area contributed by atoms with Gasteiger partial charge in [0.2, 0.25) is 5.95 Å². The number of fused-ring (bicyclic) bond motifs is 1. The summed E-state index contributed by atoms with van der Waals surface area (Å²) in [6.45, 7) is 5.94. The van der Waals surface area contributed by atoms with E-state index in [0.29, 0.717) is 61.6 Å². The van der Waals surface area contributed by atoms with E-state index in [2.05, 4.69) is 22.0 Å². The van der Waals surface area contributed by atoms with Crippen LogP contribution in [0, 0.1) is 0 Å². The number of nitrogens with zero attached hydrogens (tertiary/aromatic N) is 5. The molecule has 3 fully saturated rings. The molecule has 10 nitrogen and oxygen atoms in total. The van der Waals surface area contributed by atoms with Crippen molar-refractivity contribution in [3.05, 3.63) is 42.0 Å². The minimum atomic E-state index is -0.821. The highest BCUT2D eigenvalue weighted by Gasteiger charge is 2.53. The third-order valence-corrected chi connectivity index (χ3v) is 8.89. The van der Waals surface area contributed by atoms with Gasteiger partial charge in [-0.1, -0.05) is 12.1 Å². The second-order valence-corrected chi connectivity index (χ2v) is 11.3. The largest absolute Gasteiger partial charge is 0.616 e. The van der Waals surface area contributed by atoms with Gasteiger partial charge < -0.3 is 29.1 Å². The minimum Gasteiger partial charge on any atom is -0.616 e. The fourth-order valence-electron chi connectivity index (χ4n) is 5.24. The van der Waals surface area contributed by atoms with Crippen molar-refractivity contribution in [2.75, 3.05) is 67.8 Å². The fourth-order valence-corrected chi connectivity index (χ4v) is 6.68. The first-order chi connectivity index (χ1) is 17.9. The van der Waals surface area contributed by atoms with E-state index in [1.807, 2.05) is 30.3 Å². The van der Waals surface area contributed by atoms with E-state index in [1.165, 1.54) is 0 Å². The Labute approximate surface area is 218 Å². The van der Waals surface area contributed by atoms with E-state index in [4.69, 9.17) is 24.4 Å². The lowest BCUT2D eigenvalue weighted by Gasteiger charge is -2.47. The molecule has 2 aromatic heterocycles. The molecule has 37 heavy (non-hydrogen) atoms. The van der Waals surface area contributed by atoms with E-state index in [9.17, 15) is 9.35 Å². The second kappa shape index (κ2) is 9.71. The molecule has 1 spiro atoms. The van der Waals surface area contributed by atoms with Crippen LogP contribution in [0.1, 0.15) is 17.3 Å². The van der Waals surface area contributed by atoms with Crippen molar-refractivity contribution in [2.24, 2.45) is 0 Å². The number of carbonyl (C=O) groups is 1. The van der Waals surface area contributed by atoms with Crippen molar-refractivity contribution in [3.63, 3.8) is 0 Å². The first-order valence-electron chi connectivity index (χ1n) is 12.5. The Morgan fingerprint density at radius 1 is 1.16 bits per heavy atom. The molecule has 5 heterocycles. The monoisotopic (exact) mass is 522 g/mol. The average Bonchev–Trinajstić information content (AvgIpc) is 2.91. The second-order valence-electron chi connectivity index (χ2n) is 9.87. The van der Waals surface area contributed by atoms with Crippen molar-refractivity contribution < 1.29 is 18.8 Å². The van der Waals surface area contributed by atoms with Gasteiger partial charge in [-0.25, -0.2) is 4.98 Å². The molecular formula is C26H30N6O4S. The molecular weight excluding hydrogens is 492 g/mol. The van der Waals surface area contributed by atoms with Gasteiger partial charge in [0.05, 0.1) is 43.5 Å². The van der Waals surface area contributed by atoms with E-state index in [1.54, 1.807) is 13.1 Å². The maximum absolute atomic E-state index is 12.2. The first kappa shape index (κ1) is 24.4. The number of benzene rings is 1. The van der Waals surface area contributed by atoms with Gasteiger partial charge in [0.25, 0.3) is 5.91 Å². The topological polar surface area (TPSA) is 116 Å². The lowest BCUT2D eigenvalue weighted by molar-refractivity contribution is -0.0334. The van der Waals surface area contributed by atoms with Crippen LogP contribution in [0.3, 0.4) is 0 Å². The molecule has 1 aromatic carbocycles. The lowest BCUT2D eigenvalue weighted by atomic mass is 10.1. The number of aromatic nitrogens is 3. The average molecular weight is 523 g/mol. The summed E-state index contributed by atoms with van der Waals surface area (Å²) in [6.07, 6.45) is 0. The van der Waals surface area contributed by atoms with E-state index < -0.39 is 11.2 Å². The molecule has 3 saturated heterocycles. The Morgan fingerprint density at radius 3 is 2.81 bits per heavy atom. The van der Waals surface area contributed by atoms with Crippen molar-refractivity contribution in [1.29, 1.82) is 0 Å². The number of nitrogens with one attached hydrogen (secondary N) is 1. The van der Waals surface area contributed by atoms with Gasteiger partial charge in [0, 0.05) is 31.3 Å². The number of rotatable bonds is 4. The summed E-state index contributed by atoms with van der Waals surface area (Å²) in [7, 11) is 1.62. The molecule has 0 saturated carbocycles. The fraction of sp³-hybridized carbons (Fsp3) is 0.462. The summed E-state index contributed by atoms with van der Waals surface area (Å²) in [5.41, 5.74) is 2.36. The van der Waals surface area contributed by atoms with Crippen LogP contribution in [0.5, 0.6) is 0 Å². The van der Waals surface area contributed by atoms with Gasteiger partial charge in [-0.15, -0.1) is 0 Å². The molecule has 0 radical (unpaired) electrons. The molecule has 3 aliphatic heterocycles. The van der Waals surface area contributed by atoms with Crippen LogP contribution in [-0.2, 0) is 20.6 Å². The van der Waals surface area contributed by atoms with Crippen LogP contribution in [0.4, 0.5) is 11.8 Å². The summed E-state index contributed by atoms with van der Waals surface area (Å²) in [5, 5.41) is 3.54. The number of morpholine rings is 2. The Hall–Kier alpha value is -2.99. The zero-order valence-electron chi connectivity index (χ0n) is 21.0. The summed E-state index contributed by atoms with van der Waals surface area (Å²) in [6, 6.07) is 11.5. The predicted molar refractivity (Wildman–Crippen MR) is 143 cm³/mol. The van der Waals surface area contributed by atoms with Crippen LogP contribution < -0.4 is 15.1 Å². The molecule has 1 N–H and O–H groups in total. The zero-order valence-corrected chi connectivity index (χ0v) is 21.8. The number of hydrogen-bond donors (Lipinski definition) is 1. The van der Waals surface area contributed by atoms with Crippen molar-refractivity contribution in [1.82, 2.24) is 20.3 Å². The Bertz CT molecular complexity index is 1330. The zero-order chi connectivity index (χ0) is 25.6. The Morgan fingerprint density at radius 2 is 2.03 bits per heavy atom. The summed E-state index contributed by atoms with van der Waals surface area (Å²) >= 11 is -0.821. The summed E-state index contributed by atoms with van der Waals surface area (Å²) in [5.74, 6) is 2.40. The number of hydrogen-bond acceptors (Lipinski definition) is 9. The van der Waals surface area contributed by atoms with E-state index in [-0.39, 0.29) is 17.6 Å². The van der Waals surface area contributed by atoms with Crippen LogP contribution >= 0.6 is 0 Å². The molecule has 0 unspecified atom stereocenters. The first-order valence-corrected chi connectivity index (χ1v) is 14.0. The number of amides is 1. The molecule has 1 atom stereocenters. The van der Waals surface area contributed by atoms with Crippen LogP contribution in [0.25, 0.3) is 22.3 Å². The smallest absolute Gasteiger partial charge is 0.251 e. The van der Waals surface area contributed by atoms with Crippen molar-refractivity contribution >= 4 is 39.9 Å². The van der Waals surface area contributed by atoms with Crippen molar-refractivity contribution in [3.8, 4) is 11.3 Å². The summed E-state index contributed by atoms with van der Waals surface area (Å²) < 4.78 is 23.6. The predicted octanol–water partition coefficient (Wildman–Crippen LogP) is 1.61. The molecule has 6 rings (SSSR count). The van der Waals surface area contributed by atoms with E-state index in [0.717, 1.165) is 29.0 Å². The molecule has 11 heteroatoms. The van der Waals surface area contributed by atoms with Gasteiger partial charge in [-0.2, -0.15) is 9.97 Å². The van der Waals surface area contributed by atoms with Gasteiger partial charge in [-0.3, -0.25) is 4.79 Å². The summed E-state index contributed by atoms with van der Waals surface area (Å²) in [4.78, 5) is 31.5. The van der Waals surface area contributed by atoms with Gasteiger partial charge in [0.1, 0.15) is 17.3 Å². The lowest BCUT2D eigenvalue weighted by Crippen LogP contribution is -2.66. The van der Waals surface area contributed by atoms with Gasteiger partial charge in [-0.05, 0) is 42.4 Å².